The van der Waals surface area contributed by atoms with E-state index in [4.69, 9.17) is 4.98 Å². The summed E-state index contributed by atoms with van der Waals surface area (Å²) in [5.74, 6) is -0.677. The van der Waals surface area contributed by atoms with E-state index >= 15 is 0 Å². The first-order chi connectivity index (χ1) is 13.6. The van der Waals surface area contributed by atoms with E-state index in [0.717, 1.165) is 29.4 Å². The molecule has 2 amide bonds. The number of amides is 2. The molecule has 0 saturated carbocycles. The minimum Gasteiger partial charge on any atom is -0.343 e. The molecule has 0 radical (unpaired) electrons. The van der Waals surface area contributed by atoms with E-state index in [2.05, 4.69) is 11.4 Å². The molecular formula is C21H20FN3O2S. The van der Waals surface area contributed by atoms with Gasteiger partial charge in [-0.3, -0.25) is 9.59 Å². The molecule has 1 N–H and O–H groups in total. The van der Waals surface area contributed by atoms with Crippen molar-refractivity contribution in [2.45, 2.75) is 18.8 Å². The van der Waals surface area contributed by atoms with E-state index in [-0.39, 0.29) is 18.0 Å². The Morgan fingerprint density at radius 1 is 1.14 bits per heavy atom. The van der Waals surface area contributed by atoms with Crippen LogP contribution in [-0.4, -0.2) is 41.3 Å². The lowest BCUT2D eigenvalue weighted by Crippen LogP contribution is -2.43. The normalized spacial score (nSPS) is 15.0. The van der Waals surface area contributed by atoms with Gasteiger partial charge in [0.25, 0.3) is 5.91 Å². The fourth-order valence-electron chi connectivity index (χ4n) is 3.44. The van der Waals surface area contributed by atoms with Crippen molar-refractivity contribution < 1.29 is 14.0 Å². The molecule has 1 saturated heterocycles. The number of para-hydroxylation sites is 1. The maximum atomic E-state index is 13.2. The standard InChI is InChI=1S/C21H20FN3O2S/c22-16-5-3-4-15(12-16)20(27)23-13-19(26)25-10-8-14(9-11-25)21-24-17-6-1-2-7-18(17)28-21/h1-7,12,14H,8-11,13H2,(H,23,27). The van der Waals surface area contributed by atoms with Gasteiger partial charge in [-0.15, -0.1) is 11.3 Å². The molecule has 28 heavy (non-hydrogen) atoms. The number of carbonyl (C=O) groups is 2. The Kier molecular flexibility index (Phi) is 5.34. The van der Waals surface area contributed by atoms with E-state index in [9.17, 15) is 14.0 Å². The van der Waals surface area contributed by atoms with Crippen molar-refractivity contribution in [3.63, 3.8) is 0 Å². The number of hydrogen-bond donors (Lipinski definition) is 1. The number of benzene rings is 2. The number of hydrogen-bond acceptors (Lipinski definition) is 4. The van der Waals surface area contributed by atoms with E-state index in [1.165, 1.54) is 22.9 Å². The summed E-state index contributed by atoms with van der Waals surface area (Å²) in [5, 5.41) is 3.71. The highest BCUT2D eigenvalue weighted by molar-refractivity contribution is 7.18. The minimum atomic E-state index is -0.476. The Hall–Kier alpha value is -2.80. The molecule has 1 aliphatic rings. The first-order valence-corrected chi connectivity index (χ1v) is 10.1. The second-order valence-electron chi connectivity index (χ2n) is 6.87. The third-order valence-electron chi connectivity index (χ3n) is 4.99. The zero-order valence-corrected chi connectivity index (χ0v) is 16.0. The highest BCUT2D eigenvalue weighted by atomic mass is 32.1. The topological polar surface area (TPSA) is 62.3 Å². The molecule has 5 nitrogen and oxygen atoms in total. The summed E-state index contributed by atoms with van der Waals surface area (Å²) >= 11 is 1.72. The number of thiazole rings is 1. The van der Waals surface area contributed by atoms with Crippen LogP contribution in [0.4, 0.5) is 4.39 Å². The van der Waals surface area contributed by atoms with Gasteiger partial charge in [-0.1, -0.05) is 18.2 Å². The summed E-state index contributed by atoms with van der Waals surface area (Å²) < 4.78 is 14.4. The number of aromatic nitrogens is 1. The van der Waals surface area contributed by atoms with E-state index in [1.54, 1.807) is 16.2 Å². The van der Waals surface area contributed by atoms with Crippen LogP contribution < -0.4 is 5.32 Å². The summed E-state index contributed by atoms with van der Waals surface area (Å²) in [6.45, 7) is 1.21. The van der Waals surface area contributed by atoms with Crippen LogP contribution in [-0.2, 0) is 4.79 Å². The summed E-state index contributed by atoms with van der Waals surface area (Å²) in [4.78, 5) is 31.0. The maximum absolute atomic E-state index is 13.2. The highest BCUT2D eigenvalue weighted by Gasteiger charge is 2.26. The van der Waals surface area contributed by atoms with Crippen molar-refractivity contribution in [2.75, 3.05) is 19.6 Å². The van der Waals surface area contributed by atoms with Crippen molar-refractivity contribution in [1.29, 1.82) is 0 Å². The van der Waals surface area contributed by atoms with Crippen LogP contribution in [0.25, 0.3) is 10.2 Å². The molecule has 0 aliphatic carbocycles. The van der Waals surface area contributed by atoms with Crippen LogP contribution in [0, 0.1) is 5.82 Å². The number of fused-ring (bicyclic) bond motifs is 1. The van der Waals surface area contributed by atoms with Gasteiger partial charge >= 0.3 is 0 Å². The van der Waals surface area contributed by atoms with Crippen LogP contribution in [0.2, 0.25) is 0 Å². The lowest BCUT2D eigenvalue weighted by molar-refractivity contribution is -0.131. The van der Waals surface area contributed by atoms with Gasteiger partial charge in [0.2, 0.25) is 5.91 Å². The fraction of sp³-hybridized carbons (Fsp3) is 0.286. The van der Waals surface area contributed by atoms with Gasteiger partial charge in [-0.25, -0.2) is 9.37 Å². The fourth-order valence-corrected chi connectivity index (χ4v) is 4.58. The Balaban J connectivity index is 1.29. The van der Waals surface area contributed by atoms with Crippen LogP contribution >= 0.6 is 11.3 Å². The molecule has 0 spiro atoms. The largest absolute Gasteiger partial charge is 0.343 e. The molecule has 0 unspecified atom stereocenters. The number of rotatable bonds is 4. The van der Waals surface area contributed by atoms with Gasteiger partial charge < -0.3 is 10.2 Å². The average molecular weight is 397 g/mol. The molecule has 2 aromatic carbocycles. The Labute approximate surface area is 166 Å². The van der Waals surface area contributed by atoms with E-state index in [0.29, 0.717) is 19.0 Å². The zero-order valence-electron chi connectivity index (χ0n) is 15.2. The SMILES string of the molecule is O=C(NCC(=O)N1CCC(c2nc3ccccc3s2)CC1)c1cccc(F)c1. The first-order valence-electron chi connectivity index (χ1n) is 9.27. The number of halogens is 1. The van der Waals surface area contributed by atoms with Gasteiger partial charge in [0.15, 0.2) is 0 Å². The molecule has 2 heterocycles. The quantitative estimate of drug-likeness (QED) is 0.732. The lowest BCUT2D eigenvalue weighted by atomic mass is 9.97. The third kappa shape index (κ3) is 4.04. The molecule has 0 atom stereocenters. The van der Waals surface area contributed by atoms with Gasteiger partial charge in [-0.05, 0) is 43.2 Å². The van der Waals surface area contributed by atoms with Crippen molar-refractivity contribution in [1.82, 2.24) is 15.2 Å². The van der Waals surface area contributed by atoms with E-state index in [1.807, 2.05) is 18.2 Å². The second-order valence-corrected chi connectivity index (χ2v) is 7.93. The van der Waals surface area contributed by atoms with Crippen molar-refractivity contribution >= 4 is 33.4 Å². The minimum absolute atomic E-state index is 0.0822. The number of nitrogens with zero attached hydrogens (tertiary/aromatic N) is 2. The smallest absolute Gasteiger partial charge is 0.251 e. The van der Waals surface area contributed by atoms with Crippen molar-refractivity contribution in [2.24, 2.45) is 0 Å². The molecule has 3 aromatic rings. The lowest BCUT2D eigenvalue weighted by Gasteiger charge is -2.31. The molecule has 144 valence electrons. The average Bonchev–Trinajstić information content (AvgIpc) is 3.16. The maximum Gasteiger partial charge on any atom is 0.251 e. The molecular weight excluding hydrogens is 377 g/mol. The molecule has 1 fully saturated rings. The van der Waals surface area contributed by atoms with Crippen molar-refractivity contribution in [3.8, 4) is 0 Å². The van der Waals surface area contributed by atoms with E-state index < -0.39 is 11.7 Å². The summed E-state index contributed by atoms with van der Waals surface area (Å²) in [6.07, 6.45) is 1.73. The Morgan fingerprint density at radius 2 is 1.93 bits per heavy atom. The number of piperidine rings is 1. The van der Waals surface area contributed by atoms with Crippen molar-refractivity contribution in [3.05, 3.63) is 64.9 Å². The van der Waals surface area contributed by atoms with Crippen LogP contribution in [0.3, 0.4) is 0 Å². The molecule has 0 bridgehead atoms. The van der Waals surface area contributed by atoms with Gasteiger partial charge in [0.1, 0.15) is 5.82 Å². The van der Waals surface area contributed by atoms with Crippen LogP contribution in [0.15, 0.2) is 48.5 Å². The first kappa shape index (κ1) is 18.6. The number of likely N-dealkylation sites (tertiary alicyclic amines) is 1. The number of nitrogens with one attached hydrogen (secondary N) is 1. The Morgan fingerprint density at radius 3 is 2.68 bits per heavy atom. The molecule has 1 aromatic heterocycles. The van der Waals surface area contributed by atoms with Gasteiger partial charge in [0.05, 0.1) is 21.8 Å². The van der Waals surface area contributed by atoms with Crippen LogP contribution in [0.1, 0.15) is 34.1 Å². The Bertz CT molecular complexity index is 979. The molecule has 4 rings (SSSR count). The zero-order chi connectivity index (χ0) is 19.5. The van der Waals surface area contributed by atoms with Gasteiger partial charge in [0, 0.05) is 24.6 Å². The van der Waals surface area contributed by atoms with Crippen LogP contribution in [0.5, 0.6) is 0 Å². The second kappa shape index (κ2) is 8.06. The summed E-state index contributed by atoms with van der Waals surface area (Å²) in [7, 11) is 0. The molecule has 1 aliphatic heterocycles. The summed E-state index contributed by atoms with van der Waals surface area (Å²) in [6, 6.07) is 13.5. The van der Waals surface area contributed by atoms with Gasteiger partial charge in [-0.2, -0.15) is 0 Å². The monoisotopic (exact) mass is 397 g/mol. The molecule has 7 heteroatoms. The highest BCUT2D eigenvalue weighted by Crippen LogP contribution is 2.33. The predicted octanol–water partition coefficient (Wildman–Crippen LogP) is 3.57. The third-order valence-corrected chi connectivity index (χ3v) is 6.19. The predicted molar refractivity (Wildman–Crippen MR) is 107 cm³/mol. The number of carbonyl (C=O) groups excluding carboxylic acids is 2. The summed E-state index contributed by atoms with van der Waals surface area (Å²) in [5.41, 5.74) is 1.24.